The lowest BCUT2D eigenvalue weighted by Gasteiger charge is -2.45. The van der Waals surface area contributed by atoms with E-state index in [0.717, 1.165) is 64.7 Å². The predicted molar refractivity (Wildman–Crippen MR) is 107 cm³/mol. The summed E-state index contributed by atoms with van der Waals surface area (Å²) in [6.07, 6.45) is 6.05. The molecule has 3 saturated heterocycles. The second-order valence-electron chi connectivity index (χ2n) is 7.07. The zero-order valence-corrected chi connectivity index (χ0v) is 17.2. The van der Waals surface area contributed by atoms with Crippen LogP contribution in [0.3, 0.4) is 0 Å². The summed E-state index contributed by atoms with van der Waals surface area (Å²) < 4.78 is 11.1. The van der Waals surface area contributed by atoms with Crippen LogP contribution in [0.15, 0.2) is 4.99 Å². The number of hydrogen-bond acceptors (Lipinski definition) is 4. The molecule has 3 heterocycles. The van der Waals surface area contributed by atoms with Crippen molar-refractivity contribution in [3.05, 3.63) is 0 Å². The molecule has 2 N–H and O–H groups in total. The minimum Gasteiger partial charge on any atom is -0.381 e. The van der Waals surface area contributed by atoms with Crippen LogP contribution >= 0.6 is 24.0 Å². The molecule has 7 heteroatoms. The Hall–Kier alpha value is -0.120. The zero-order valence-electron chi connectivity index (χ0n) is 14.9. The molecule has 3 rings (SSSR count). The molecule has 0 amide bonds. The van der Waals surface area contributed by atoms with Crippen molar-refractivity contribution in [3.8, 4) is 0 Å². The Bertz CT molecular complexity index is 390. The number of hydrogen-bond donors (Lipinski definition) is 2. The van der Waals surface area contributed by atoms with Gasteiger partial charge in [-0.2, -0.15) is 0 Å². The fourth-order valence-electron chi connectivity index (χ4n) is 4.00. The van der Waals surface area contributed by atoms with E-state index in [4.69, 9.17) is 9.47 Å². The van der Waals surface area contributed by atoms with Gasteiger partial charge >= 0.3 is 0 Å². The summed E-state index contributed by atoms with van der Waals surface area (Å²) >= 11 is 0. The maximum absolute atomic E-state index is 5.62. The first kappa shape index (κ1) is 20.2. The van der Waals surface area contributed by atoms with E-state index in [1.54, 1.807) is 0 Å². The summed E-state index contributed by atoms with van der Waals surface area (Å²) in [4.78, 5) is 7.08. The smallest absolute Gasteiger partial charge is 0.191 e. The van der Waals surface area contributed by atoms with E-state index >= 15 is 0 Å². The van der Waals surface area contributed by atoms with Crippen molar-refractivity contribution in [2.24, 2.45) is 10.9 Å². The van der Waals surface area contributed by atoms with Crippen molar-refractivity contribution in [3.63, 3.8) is 0 Å². The molecule has 0 saturated carbocycles. The molecule has 24 heavy (non-hydrogen) atoms. The van der Waals surface area contributed by atoms with Gasteiger partial charge in [-0.05, 0) is 45.2 Å². The molecule has 1 atom stereocenters. The normalized spacial score (nSPS) is 27.7. The van der Waals surface area contributed by atoms with Gasteiger partial charge in [0.05, 0.1) is 6.61 Å². The first-order valence-electron chi connectivity index (χ1n) is 9.17. The molecule has 0 aromatic carbocycles. The summed E-state index contributed by atoms with van der Waals surface area (Å²) in [7, 11) is 1.85. The van der Waals surface area contributed by atoms with Gasteiger partial charge in [-0.15, -0.1) is 24.0 Å². The van der Waals surface area contributed by atoms with Crippen LogP contribution in [0.25, 0.3) is 0 Å². The fourth-order valence-corrected chi connectivity index (χ4v) is 4.00. The highest BCUT2D eigenvalue weighted by Gasteiger charge is 2.39. The van der Waals surface area contributed by atoms with E-state index in [2.05, 4.69) is 20.5 Å². The summed E-state index contributed by atoms with van der Waals surface area (Å²) in [5.41, 5.74) is 0.239. The van der Waals surface area contributed by atoms with Crippen molar-refractivity contribution >= 4 is 29.9 Å². The minimum atomic E-state index is 0. The average molecular weight is 452 g/mol. The monoisotopic (exact) mass is 452 g/mol. The Morgan fingerprint density at radius 1 is 1.12 bits per heavy atom. The maximum atomic E-state index is 5.62. The molecule has 0 spiro atoms. The number of halogens is 1. The lowest BCUT2D eigenvalue weighted by molar-refractivity contribution is -0.0164. The van der Waals surface area contributed by atoms with Crippen molar-refractivity contribution in [1.82, 2.24) is 15.5 Å². The van der Waals surface area contributed by atoms with Gasteiger partial charge < -0.3 is 20.1 Å². The molecule has 0 aromatic heterocycles. The molecular weight excluding hydrogens is 419 g/mol. The molecule has 3 aliphatic rings. The topological polar surface area (TPSA) is 58.1 Å². The summed E-state index contributed by atoms with van der Waals surface area (Å²) in [6, 6.07) is 0. The van der Waals surface area contributed by atoms with Gasteiger partial charge in [-0.3, -0.25) is 9.89 Å². The van der Waals surface area contributed by atoms with Gasteiger partial charge in [0.2, 0.25) is 0 Å². The number of ether oxygens (including phenoxy) is 2. The van der Waals surface area contributed by atoms with E-state index in [0.29, 0.717) is 5.92 Å². The first-order chi connectivity index (χ1) is 11.3. The van der Waals surface area contributed by atoms with E-state index < -0.39 is 0 Å². The Balaban J connectivity index is 0.00000208. The van der Waals surface area contributed by atoms with Gasteiger partial charge in [0.15, 0.2) is 5.96 Å². The van der Waals surface area contributed by atoms with Crippen LogP contribution in [0.5, 0.6) is 0 Å². The molecule has 6 nitrogen and oxygen atoms in total. The van der Waals surface area contributed by atoms with Crippen molar-refractivity contribution in [1.29, 1.82) is 0 Å². The summed E-state index contributed by atoms with van der Waals surface area (Å²) in [6.45, 7) is 7.89. The summed E-state index contributed by atoms with van der Waals surface area (Å²) in [5.74, 6) is 1.53. The number of nitrogens with zero attached hydrogens (tertiary/aromatic N) is 2. The largest absolute Gasteiger partial charge is 0.381 e. The van der Waals surface area contributed by atoms with Crippen LogP contribution in [0.2, 0.25) is 0 Å². The standard InChI is InChI=1S/C17H32N4O2.HI/c1-18-16(19-12-15-4-9-23-13-15)20-14-17(5-10-22-11-6-17)21-7-2-3-8-21;/h15H,2-14H2,1H3,(H2,18,19,20);1H. The highest BCUT2D eigenvalue weighted by atomic mass is 127. The minimum absolute atomic E-state index is 0. The Kier molecular flexibility index (Phi) is 8.53. The second kappa shape index (κ2) is 10.1. The molecule has 3 fully saturated rings. The third-order valence-electron chi connectivity index (χ3n) is 5.59. The second-order valence-corrected chi connectivity index (χ2v) is 7.07. The zero-order chi connectivity index (χ0) is 16.0. The van der Waals surface area contributed by atoms with E-state index in [1.807, 2.05) is 7.05 Å². The Morgan fingerprint density at radius 3 is 2.50 bits per heavy atom. The van der Waals surface area contributed by atoms with Crippen LogP contribution in [0, 0.1) is 5.92 Å². The summed E-state index contributed by atoms with van der Waals surface area (Å²) in [5, 5.41) is 7.05. The van der Waals surface area contributed by atoms with Crippen molar-refractivity contribution < 1.29 is 9.47 Å². The molecule has 0 bridgehead atoms. The molecule has 0 radical (unpaired) electrons. The van der Waals surface area contributed by atoms with Crippen LogP contribution in [-0.4, -0.2) is 76.1 Å². The number of guanidine groups is 1. The van der Waals surface area contributed by atoms with Crippen LogP contribution in [0.4, 0.5) is 0 Å². The first-order valence-corrected chi connectivity index (χ1v) is 9.17. The molecule has 0 aliphatic carbocycles. The van der Waals surface area contributed by atoms with E-state index in [1.165, 1.54) is 25.9 Å². The Morgan fingerprint density at radius 2 is 1.88 bits per heavy atom. The van der Waals surface area contributed by atoms with Gasteiger partial charge in [-0.1, -0.05) is 0 Å². The SMILES string of the molecule is CN=C(NCC1CCOC1)NCC1(N2CCCC2)CCOCC1.I. The van der Waals surface area contributed by atoms with Crippen LogP contribution in [0.1, 0.15) is 32.1 Å². The van der Waals surface area contributed by atoms with Crippen molar-refractivity contribution in [2.75, 3.05) is 59.7 Å². The van der Waals surface area contributed by atoms with Gasteiger partial charge in [0, 0.05) is 51.4 Å². The fraction of sp³-hybridized carbons (Fsp3) is 0.941. The highest BCUT2D eigenvalue weighted by Crippen LogP contribution is 2.30. The molecule has 1 unspecified atom stereocenters. The molecular formula is C17H33IN4O2. The third-order valence-corrected chi connectivity index (χ3v) is 5.59. The van der Waals surface area contributed by atoms with Gasteiger partial charge in [-0.25, -0.2) is 0 Å². The lowest BCUT2D eigenvalue weighted by atomic mass is 9.88. The van der Waals surface area contributed by atoms with Gasteiger partial charge in [0.1, 0.15) is 0 Å². The molecule has 140 valence electrons. The van der Waals surface area contributed by atoms with E-state index in [-0.39, 0.29) is 29.5 Å². The number of nitrogens with one attached hydrogen (secondary N) is 2. The highest BCUT2D eigenvalue weighted by molar-refractivity contribution is 14.0. The van der Waals surface area contributed by atoms with Crippen LogP contribution in [-0.2, 0) is 9.47 Å². The quantitative estimate of drug-likeness (QED) is 0.376. The Labute approximate surface area is 163 Å². The van der Waals surface area contributed by atoms with Crippen LogP contribution < -0.4 is 10.6 Å². The molecule has 0 aromatic rings. The lowest BCUT2D eigenvalue weighted by Crippen LogP contribution is -2.58. The number of aliphatic imine (C=N–C) groups is 1. The predicted octanol–water partition coefficient (Wildman–Crippen LogP) is 1.45. The number of rotatable bonds is 5. The third kappa shape index (κ3) is 5.19. The number of likely N-dealkylation sites (tertiary alicyclic amines) is 1. The molecule has 3 aliphatic heterocycles. The average Bonchev–Trinajstić information content (AvgIpc) is 3.30. The maximum Gasteiger partial charge on any atom is 0.191 e. The van der Waals surface area contributed by atoms with Crippen molar-refractivity contribution in [2.45, 2.75) is 37.6 Å². The van der Waals surface area contributed by atoms with E-state index in [9.17, 15) is 0 Å². The van der Waals surface area contributed by atoms with Gasteiger partial charge in [0.25, 0.3) is 0 Å².